The Bertz CT molecular complexity index is 681. The van der Waals surface area contributed by atoms with Crippen molar-refractivity contribution >= 4 is 11.8 Å². The van der Waals surface area contributed by atoms with Crippen molar-refractivity contribution in [2.75, 3.05) is 27.2 Å². The van der Waals surface area contributed by atoms with E-state index < -0.39 is 18.2 Å². The highest BCUT2D eigenvalue weighted by molar-refractivity contribution is 5.78. The average Bonchev–Trinajstić information content (AvgIpc) is 2.61. The summed E-state index contributed by atoms with van der Waals surface area (Å²) in [5.41, 5.74) is 0.405. The minimum Gasteiger partial charge on any atom is -0.394 e. The molecule has 2 rings (SSSR count). The number of nitrogens with one attached hydrogen (secondary N) is 2. The largest absolute Gasteiger partial charge is 0.394 e. The molecule has 0 saturated heterocycles. The SMILES string of the molecule is CN(C)CC(=O)N[C@@H]1C=C[C@@H](CC(=O)NCc2ccccc2F)O[C@@H]1CO. The van der Waals surface area contributed by atoms with E-state index in [2.05, 4.69) is 10.6 Å². The number of nitrogens with zero attached hydrogens (tertiary/aromatic N) is 1. The number of ether oxygens (including phenoxy) is 1. The van der Waals surface area contributed by atoms with Gasteiger partial charge in [0.05, 0.1) is 31.7 Å². The van der Waals surface area contributed by atoms with Crippen molar-refractivity contribution in [1.82, 2.24) is 15.5 Å². The van der Waals surface area contributed by atoms with Crippen molar-refractivity contribution < 1.29 is 23.8 Å². The summed E-state index contributed by atoms with van der Waals surface area (Å²) in [5.74, 6) is -0.847. The Kier molecular flexibility index (Phi) is 7.90. The van der Waals surface area contributed by atoms with Crippen molar-refractivity contribution in [1.29, 1.82) is 0 Å². The molecule has 7 nitrogen and oxygen atoms in total. The molecule has 0 fully saturated rings. The quantitative estimate of drug-likeness (QED) is 0.561. The second-order valence-electron chi connectivity index (χ2n) is 6.68. The molecule has 0 spiro atoms. The molecule has 0 unspecified atom stereocenters. The van der Waals surface area contributed by atoms with Gasteiger partial charge in [0.25, 0.3) is 0 Å². The summed E-state index contributed by atoms with van der Waals surface area (Å²) in [7, 11) is 3.57. The number of halogens is 1. The molecular weight excluding hydrogens is 353 g/mol. The number of rotatable bonds is 8. The van der Waals surface area contributed by atoms with E-state index in [9.17, 15) is 19.1 Å². The summed E-state index contributed by atoms with van der Waals surface area (Å²) in [6, 6.07) is 5.78. The number of likely N-dealkylation sites (N-methyl/N-ethyl adjacent to an activating group) is 1. The number of carbonyl (C=O) groups is 2. The van der Waals surface area contributed by atoms with Gasteiger partial charge in [-0.15, -0.1) is 0 Å². The fourth-order valence-corrected chi connectivity index (χ4v) is 2.75. The monoisotopic (exact) mass is 379 g/mol. The van der Waals surface area contributed by atoms with Crippen LogP contribution in [0.2, 0.25) is 0 Å². The lowest BCUT2D eigenvalue weighted by molar-refractivity contribution is -0.128. The molecule has 1 aliphatic heterocycles. The summed E-state index contributed by atoms with van der Waals surface area (Å²) in [4.78, 5) is 25.7. The number of aliphatic hydroxyl groups is 1. The van der Waals surface area contributed by atoms with Crippen molar-refractivity contribution in [2.45, 2.75) is 31.2 Å². The smallest absolute Gasteiger partial charge is 0.234 e. The molecule has 0 aromatic heterocycles. The third-order valence-corrected chi connectivity index (χ3v) is 4.07. The highest BCUT2D eigenvalue weighted by atomic mass is 19.1. The van der Waals surface area contributed by atoms with Crippen molar-refractivity contribution in [3.05, 3.63) is 47.8 Å². The van der Waals surface area contributed by atoms with Gasteiger partial charge >= 0.3 is 0 Å². The van der Waals surface area contributed by atoms with E-state index in [4.69, 9.17) is 4.74 Å². The molecule has 148 valence electrons. The Morgan fingerprint density at radius 2 is 1.96 bits per heavy atom. The number of benzene rings is 1. The molecule has 0 aliphatic carbocycles. The van der Waals surface area contributed by atoms with Crippen molar-refractivity contribution in [3.8, 4) is 0 Å². The minimum atomic E-state index is -0.634. The van der Waals surface area contributed by atoms with Crippen molar-refractivity contribution in [2.24, 2.45) is 0 Å². The summed E-state index contributed by atoms with van der Waals surface area (Å²) < 4.78 is 19.3. The topological polar surface area (TPSA) is 90.9 Å². The van der Waals surface area contributed by atoms with Gasteiger partial charge in [-0.3, -0.25) is 9.59 Å². The standard InChI is InChI=1S/C19H26FN3O4/c1-23(2)11-19(26)22-16-8-7-14(27-17(16)12-24)9-18(25)21-10-13-5-3-4-6-15(13)20/h3-8,14,16-17,24H,9-12H2,1-2H3,(H,21,25)(H,22,26)/t14-,16+,17+/m0/s1. The fourth-order valence-electron chi connectivity index (χ4n) is 2.75. The van der Waals surface area contributed by atoms with Crippen LogP contribution in [0, 0.1) is 5.82 Å². The van der Waals surface area contributed by atoms with Crippen LogP contribution in [0.25, 0.3) is 0 Å². The molecule has 1 aliphatic rings. The maximum atomic E-state index is 13.6. The first-order chi connectivity index (χ1) is 12.9. The van der Waals surface area contributed by atoms with Crippen LogP contribution in [0.5, 0.6) is 0 Å². The van der Waals surface area contributed by atoms with Gasteiger partial charge in [-0.25, -0.2) is 4.39 Å². The van der Waals surface area contributed by atoms with E-state index in [1.165, 1.54) is 6.07 Å². The predicted molar refractivity (Wildman–Crippen MR) is 98.2 cm³/mol. The van der Waals surface area contributed by atoms with E-state index in [1.807, 2.05) is 0 Å². The summed E-state index contributed by atoms with van der Waals surface area (Å²) in [5, 5.41) is 15.0. The molecule has 0 radical (unpaired) electrons. The van der Waals surface area contributed by atoms with Gasteiger partial charge in [0.1, 0.15) is 11.9 Å². The van der Waals surface area contributed by atoms with Crippen LogP contribution in [-0.2, 0) is 20.9 Å². The lowest BCUT2D eigenvalue weighted by atomic mass is 10.0. The van der Waals surface area contributed by atoms with Gasteiger partial charge < -0.3 is 25.4 Å². The Labute approximate surface area is 158 Å². The zero-order chi connectivity index (χ0) is 19.8. The molecule has 27 heavy (non-hydrogen) atoms. The van der Waals surface area contributed by atoms with Gasteiger partial charge in [0, 0.05) is 12.1 Å². The molecule has 2 amide bonds. The molecule has 0 bridgehead atoms. The molecule has 1 aromatic rings. The second kappa shape index (κ2) is 10.1. The molecule has 8 heteroatoms. The molecule has 3 N–H and O–H groups in total. The van der Waals surface area contributed by atoms with Crippen LogP contribution < -0.4 is 10.6 Å². The maximum Gasteiger partial charge on any atom is 0.234 e. The Morgan fingerprint density at radius 1 is 1.22 bits per heavy atom. The summed E-state index contributed by atoms with van der Waals surface area (Å²) >= 11 is 0. The van der Waals surface area contributed by atoms with Gasteiger partial charge in [-0.05, 0) is 20.2 Å². The first kappa shape index (κ1) is 21.0. The second-order valence-corrected chi connectivity index (χ2v) is 6.68. The van der Waals surface area contributed by atoms with Crippen LogP contribution in [0.4, 0.5) is 4.39 Å². The maximum absolute atomic E-state index is 13.6. The van der Waals surface area contributed by atoms with E-state index >= 15 is 0 Å². The third-order valence-electron chi connectivity index (χ3n) is 4.07. The Balaban J connectivity index is 1.85. The molecule has 3 atom stereocenters. The fraction of sp³-hybridized carbons (Fsp3) is 0.474. The lowest BCUT2D eigenvalue weighted by Crippen LogP contribution is -2.50. The third kappa shape index (κ3) is 6.74. The van der Waals surface area contributed by atoms with Gasteiger partial charge in [0.2, 0.25) is 11.8 Å². The first-order valence-electron chi connectivity index (χ1n) is 8.78. The summed E-state index contributed by atoms with van der Waals surface area (Å²) in [6.45, 7) is 0.0313. The molecule has 1 aromatic carbocycles. The number of amides is 2. The number of aliphatic hydroxyl groups excluding tert-OH is 1. The highest BCUT2D eigenvalue weighted by Gasteiger charge is 2.29. The van der Waals surface area contributed by atoms with E-state index in [0.29, 0.717) is 5.56 Å². The first-order valence-corrected chi connectivity index (χ1v) is 8.78. The van der Waals surface area contributed by atoms with Crippen LogP contribution in [0.1, 0.15) is 12.0 Å². The molecule has 1 heterocycles. The number of hydrogen-bond donors (Lipinski definition) is 3. The van der Waals surface area contributed by atoms with Crippen molar-refractivity contribution in [3.63, 3.8) is 0 Å². The number of hydrogen-bond acceptors (Lipinski definition) is 5. The average molecular weight is 379 g/mol. The zero-order valence-electron chi connectivity index (χ0n) is 15.5. The Hall–Kier alpha value is -2.29. The normalized spacial score (nSPS) is 21.9. The van der Waals surface area contributed by atoms with Crippen LogP contribution >= 0.6 is 0 Å². The Morgan fingerprint density at radius 3 is 2.63 bits per heavy atom. The van der Waals surface area contributed by atoms with Gasteiger partial charge in [0.15, 0.2) is 0 Å². The van der Waals surface area contributed by atoms with E-state index in [-0.39, 0.29) is 43.7 Å². The molecule has 0 saturated carbocycles. The highest BCUT2D eigenvalue weighted by Crippen LogP contribution is 2.16. The van der Waals surface area contributed by atoms with Gasteiger partial charge in [-0.1, -0.05) is 30.4 Å². The van der Waals surface area contributed by atoms with Gasteiger partial charge in [-0.2, -0.15) is 0 Å². The van der Waals surface area contributed by atoms with E-state index in [0.717, 1.165) is 0 Å². The minimum absolute atomic E-state index is 0.0415. The van der Waals surface area contributed by atoms with Crippen LogP contribution in [0.3, 0.4) is 0 Å². The van der Waals surface area contributed by atoms with Crippen LogP contribution in [-0.4, -0.2) is 67.3 Å². The molecular formula is C19H26FN3O4. The number of carbonyl (C=O) groups excluding carboxylic acids is 2. The predicted octanol–water partition coefficient (Wildman–Crippen LogP) is 0.194. The lowest BCUT2D eigenvalue weighted by Gasteiger charge is -2.32. The zero-order valence-corrected chi connectivity index (χ0v) is 15.5. The summed E-state index contributed by atoms with van der Waals surface area (Å²) in [6.07, 6.45) is 2.30. The van der Waals surface area contributed by atoms with E-state index in [1.54, 1.807) is 49.3 Å². The van der Waals surface area contributed by atoms with Crippen LogP contribution in [0.15, 0.2) is 36.4 Å².